The molecule has 0 unspecified atom stereocenters. The highest BCUT2D eigenvalue weighted by molar-refractivity contribution is 5.92. The van der Waals surface area contributed by atoms with E-state index in [1.165, 1.54) is 0 Å². The Labute approximate surface area is 164 Å². The Balaban J connectivity index is 1.45. The Morgan fingerprint density at radius 3 is 2.50 bits per heavy atom. The number of hydrogen-bond acceptors (Lipinski definition) is 4. The van der Waals surface area contributed by atoms with Crippen molar-refractivity contribution in [3.8, 4) is 11.3 Å². The van der Waals surface area contributed by atoms with E-state index in [1.54, 1.807) is 6.07 Å². The molecule has 0 atom stereocenters. The first kappa shape index (κ1) is 18.6. The molecular weight excluding hydrogens is 356 g/mol. The van der Waals surface area contributed by atoms with E-state index in [2.05, 4.69) is 15.5 Å². The number of nitrogens with zero attached hydrogens (tertiary/aromatic N) is 2. The molecule has 7 heteroatoms. The number of piperidine rings is 1. The minimum absolute atomic E-state index is 0.0190. The van der Waals surface area contributed by atoms with E-state index in [9.17, 15) is 9.59 Å². The van der Waals surface area contributed by atoms with Crippen LogP contribution in [0.2, 0.25) is 0 Å². The van der Waals surface area contributed by atoms with E-state index < -0.39 is 0 Å². The van der Waals surface area contributed by atoms with E-state index in [1.807, 2.05) is 42.2 Å². The molecule has 148 valence electrons. The van der Waals surface area contributed by atoms with Gasteiger partial charge < -0.3 is 24.9 Å². The molecule has 3 aliphatic rings. The zero-order valence-electron chi connectivity index (χ0n) is 16.1. The van der Waals surface area contributed by atoms with Gasteiger partial charge >= 0.3 is 6.03 Å². The zero-order chi connectivity index (χ0) is 19.5. The minimum Gasteiger partial charge on any atom is -0.451 e. The molecule has 2 bridgehead atoms. The van der Waals surface area contributed by atoms with E-state index >= 15 is 0 Å². The predicted molar refractivity (Wildman–Crippen MR) is 107 cm³/mol. The van der Waals surface area contributed by atoms with Crippen molar-refractivity contribution in [3.05, 3.63) is 42.2 Å². The normalized spacial score (nSPS) is 21.2. The molecule has 28 heavy (non-hydrogen) atoms. The maximum Gasteiger partial charge on any atom is 0.319 e. The Morgan fingerprint density at radius 1 is 1.04 bits per heavy atom. The van der Waals surface area contributed by atoms with Crippen LogP contribution in [-0.4, -0.2) is 60.5 Å². The third-order valence-corrected chi connectivity index (χ3v) is 5.50. The summed E-state index contributed by atoms with van der Waals surface area (Å²) in [4.78, 5) is 29.0. The Hall–Kier alpha value is -2.80. The van der Waals surface area contributed by atoms with Gasteiger partial charge in [0.15, 0.2) is 5.76 Å². The lowest BCUT2D eigenvalue weighted by Crippen LogP contribution is -2.41. The second kappa shape index (κ2) is 8.06. The standard InChI is InChI=1S/C21H26N4O3/c1-2-22-21(27)23-16-5-3-15(4-6-16)18-7-8-19(28-18)20(26)25-14-13-24-11-9-17(25)10-12-24/h3-8,17H,2,9-14H2,1H3,(H2,22,23,27). The van der Waals surface area contributed by atoms with Gasteiger partial charge in [-0.25, -0.2) is 4.79 Å². The van der Waals surface area contributed by atoms with Gasteiger partial charge in [-0.2, -0.15) is 0 Å². The Bertz CT molecular complexity index is 838. The van der Waals surface area contributed by atoms with Gasteiger partial charge in [-0.1, -0.05) is 0 Å². The molecule has 4 heterocycles. The monoisotopic (exact) mass is 382 g/mol. The van der Waals surface area contributed by atoms with E-state index in [-0.39, 0.29) is 11.9 Å². The fourth-order valence-corrected chi connectivity index (χ4v) is 3.96. The second-order valence-electron chi connectivity index (χ2n) is 7.30. The number of rotatable bonds is 4. The average molecular weight is 382 g/mol. The van der Waals surface area contributed by atoms with Gasteiger partial charge in [0.2, 0.25) is 0 Å². The molecule has 0 aliphatic carbocycles. The number of amides is 3. The fourth-order valence-electron chi connectivity index (χ4n) is 3.96. The molecule has 0 radical (unpaired) electrons. The number of nitrogens with one attached hydrogen (secondary N) is 2. The molecule has 0 spiro atoms. The summed E-state index contributed by atoms with van der Waals surface area (Å²) in [5.74, 6) is 1.02. The fraction of sp³-hybridized carbons (Fsp3) is 0.429. The first-order valence-electron chi connectivity index (χ1n) is 9.92. The summed E-state index contributed by atoms with van der Waals surface area (Å²) in [5, 5.41) is 5.45. The first-order chi connectivity index (χ1) is 13.6. The van der Waals surface area contributed by atoms with Gasteiger partial charge in [0, 0.05) is 50.0 Å². The van der Waals surface area contributed by atoms with Crippen molar-refractivity contribution in [2.45, 2.75) is 25.8 Å². The SMILES string of the molecule is CCNC(=O)Nc1ccc(-c2ccc(C(=O)N3CCN4CCC3CC4)o2)cc1. The Kier molecular flexibility index (Phi) is 5.34. The van der Waals surface area contributed by atoms with Crippen LogP contribution in [0.3, 0.4) is 0 Å². The zero-order valence-corrected chi connectivity index (χ0v) is 16.1. The van der Waals surface area contributed by atoms with Crippen molar-refractivity contribution in [1.82, 2.24) is 15.1 Å². The van der Waals surface area contributed by atoms with Crippen LogP contribution in [-0.2, 0) is 0 Å². The van der Waals surface area contributed by atoms with Crippen molar-refractivity contribution in [2.24, 2.45) is 0 Å². The van der Waals surface area contributed by atoms with Crippen molar-refractivity contribution in [3.63, 3.8) is 0 Å². The van der Waals surface area contributed by atoms with Gasteiger partial charge in [0.05, 0.1) is 0 Å². The number of fused-ring (bicyclic) bond motifs is 4. The molecule has 3 amide bonds. The summed E-state index contributed by atoms with van der Waals surface area (Å²) < 4.78 is 5.89. The lowest BCUT2D eigenvalue weighted by atomic mass is 10.1. The van der Waals surface area contributed by atoms with Crippen LogP contribution in [0.4, 0.5) is 10.5 Å². The third kappa shape index (κ3) is 3.89. The molecule has 7 nitrogen and oxygen atoms in total. The third-order valence-electron chi connectivity index (χ3n) is 5.50. The van der Waals surface area contributed by atoms with Crippen molar-refractivity contribution < 1.29 is 14.0 Å². The summed E-state index contributed by atoms with van der Waals surface area (Å²) in [6.45, 7) is 6.30. The van der Waals surface area contributed by atoms with Crippen molar-refractivity contribution in [2.75, 3.05) is 38.0 Å². The molecule has 3 saturated heterocycles. The molecule has 3 aliphatic heterocycles. The van der Waals surface area contributed by atoms with Crippen LogP contribution in [0.1, 0.15) is 30.3 Å². The Morgan fingerprint density at radius 2 is 1.79 bits per heavy atom. The number of anilines is 1. The molecule has 2 aromatic rings. The summed E-state index contributed by atoms with van der Waals surface area (Å²) in [6, 6.07) is 11.1. The molecule has 2 N–H and O–H groups in total. The second-order valence-corrected chi connectivity index (χ2v) is 7.30. The molecule has 0 saturated carbocycles. The average Bonchev–Trinajstić information content (AvgIpc) is 3.01. The summed E-state index contributed by atoms with van der Waals surface area (Å²) >= 11 is 0. The highest BCUT2D eigenvalue weighted by atomic mass is 16.4. The lowest BCUT2D eigenvalue weighted by molar-refractivity contribution is 0.0653. The van der Waals surface area contributed by atoms with Crippen LogP contribution >= 0.6 is 0 Å². The number of urea groups is 1. The van der Waals surface area contributed by atoms with E-state index in [4.69, 9.17) is 4.42 Å². The minimum atomic E-state index is -0.232. The molecule has 5 rings (SSSR count). The first-order valence-corrected chi connectivity index (χ1v) is 9.92. The number of benzene rings is 1. The number of hydrogen-bond donors (Lipinski definition) is 2. The highest BCUT2D eigenvalue weighted by Gasteiger charge is 2.33. The van der Waals surface area contributed by atoms with Crippen LogP contribution in [0.25, 0.3) is 11.3 Å². The highest BCUT2D eigenvalue weighted by Crippen LogP contribution is 2.27. The van der Waals surface area contributed by atoms with Gasteiger partial charge in [-0.05, 0) is 56.2 Å². The summed E-state index contributed by atoms with van der Waals surface area (Å²) in [6.07, 6.45) is 2.08. The maximum absolute atomic E-state index is 13.0. The van der Waals surface area contributed by atoms with Crippen LogP contribution in [0.5, 0.6) is 0 Å². The number of carbonyl (C=O) groups excluding carboxylic acids is 2. The largest absolute Gasteiger partial charge is 0.451 e. The smallest absolute Gasteiger partial charge is 0.319 e. The topological polar surface area (TPSA) is 77.8 Å². The van der Waals surface area contributed by atoms with Crippen LogP contribution in [0, 0.1) is 0 Å². The van der Waals surface area contributed by atoms with Crippen LogP contribution < -0.4 is 10.6 Å². The van der Waals surface area contributed by atoms with E-state index in [0.717, 1.165) is 44.6 Å². The van der Waals surface area contributed by atoms with Crippen LogP contribution in [0.15, 0.2) is 40.8 Å². The summed E-state index contributed by atoms with van der Waals surface area (Å²) in [7, 11) is 0. The van der Waals surface area contributed by atoms with Crippen molar-refractivity contribution in [1.29, 1.82) is 0 Å². The van der Waals surface area contributed by atoms with Gasteiger partial charge in [0.1, 0.15) is 5.76 Å². The number of furan rings is 1. The quantitative estimate of drug-likeness (QED) is 0.852. The maximum atomic E-state index is 13.0. The van der Waals surface area contributed by atoms with Gasteiger partial charge in [-0.3, -0.25) is 4.79 Å². The molecule has 1 aromatic heterocycles. The molecular formula is C21H26N4O3. The van der Waals surface area contributed by atoms with Crippen molar-refractivity contribution >= 4 is 17.6 Å². The predicted octanol–water partition coefficient (Wildman–Crippen LogP) is 3.01. The summed E-state index contributed by atoms with van der Waals surface area (Å²) in [5.41, 5.74) is 1.57. The number of carbonyl (C=O) groups is 2. The van der Waals surface area contributed by atoms with Gasteiger partial charge in [0.25, 0.3) is 5.91 Å². The lowest BCUT2D eigenvalue weighted by Gasteiger charge is -2.30. The van der Waals surface area contributed by atoms with E-state index in [0.29, 0.717) is 29.8 Å². The molecule has 3 fully saturated rings. The molecule has 1 aromatic carbocycles. The van der Waals surface area contributed by atoms with Gasteiger partial charge in [-0.15, -0.1) is 0 Å².